The maximum atomic E-state index is 11.2. The van der Waals surface area contributed by atoms with Gasteiger partial charge in [-0.05, 0) is 11.8 Å². The van der Waals surface area contributed by atoms with E-state index in [0.29, 0.717) is 5.03 Å². The van der Waals surface area contributed by atoms with E-state index in [1.807, 2.05) is 6.07 Å². The normalized spacial score (nSPS) is 9.82. The Labute approximate surface area is 99.7 Å². The largest absolute Gasteiger partial charge is 0.383 e. The van der Waals surface area contributed by atoms with E-state index < -0.39 is 0 Å². The van der Waals surface area contributed by atoms with Gasteiger partial charge in [-0.1, -0.05) is 0 Å². The van der Waals surface area contributed by atoms with Gasteiger partial charge in [0.2, 0.25) is 0 Å². The Morgan fingerprint density at radius 1 is 1.41 bits per heavy atom. The van der Waals surface area contributed by atoms with Crippen molar-refractivity contribution in [3.8, 4) is 6.07 Å². The third kappa shape index (κ3) is 2.59. The van der Waals surface area contributed by atoms with E-state index in [1.54, 1.807) is 0 Å². The minimum absolute atomic E-state index is 0.110. The smallest absolute Gasteiger partial charge is 0.253 e. The van der Waals surface area contributed by atoms with Crippen LogP contribution in [0.3, 0.4) is 0 Å². The number of nitrogen functional groups attached to an aromatic ring is 1. The van der Waals surface area contributed by atoms with E-state index in [2.05, 4.69) is 19.9 Å². The minimum atomic E-state index is -0.359. The van der Waals surface area contributed by atoms with Crippen LogP contribution in [0.1, 0.15) is 5.69 Å². The highest BCUT2D eigenvalue weighted by atomic mass is 32.2. The Kier molecular flexibility index (Phi) is 3.02. The number of H-pyrrole nitrogens is 1. The molecule has 0 spiro atoms. The second-order valence-corrected chi connectivity index (χ2v) is 3.88. The molecular formula is C9H6N6OS. The fourth-order valence-corrected chi connectivity index (χ4v) is 1.86. The monoisotopic (exact) mass is 246 g/mol. The summed E-state index contributed by atoms with van der Waals surface area (Å²) in [6.45, 7) is 0. The maximum Gasteiger partial charge on any atom is 0.253 e. The number of hydrogen-bond acceptors (Lipinski definition) is 7. The van der Waals surface area contributed by atoms with E-state index in [4.69, 9.17) is 11.0 Å². The SMILES string of the molecule is N#Cc1nccnc1Sc1nc(N)cc(=O)[nH]1. The van der Waals surface area contributed by atoms with Gasteiger partial charge >= 0.3 is 0 Å². The van der Waals surface area contributed by atoms with Crippen molar-refractivity contribution in [2.24, 2.45) is 0 Å². The van der Waals surface area contributed by atoms with Gasteiger partial charge < -0.3 is 10.7 Å². The van der Waals surface area contributed by atoms with Crippen LogP contribution < -0.4 is 11.3 Å². The molecule has 0 saturated heterocycles. The van der Waals surface area contributed by atoms with E-state index in [-0.39, 0.29) is 22.2 Å². The lowest BCUT2D eigenvalue weighted by atomic mass is 10.5. The van der Waals surface area contributed by atoms with Crippen LogP contribution >= 0.6 is 11.8 Å². The topological polar surface area (TPSA) is 121 Å². The van der Waals surface area contributed by atoms with Gasteiger partial charge in [0.15, 0.2) is 10.9 Å². The average Bonchev–Trinajstić information content (AvgIpc) is 2.28. The van der Waals surface area contributed by atoms with Crippen molar-refractivity contribution < 1.29 is 0 Å². The summed E-state index contributed by atoms with van der Waals surface area (Å²) in [6.07, 6.45) is 2.87. The molecule has 0 atom stereocenters. The lowest BCUT2D eigenvalue weighted by Gasteiger charge is -2.01. The third-order valence-corrected chi connectivity index (χ3v) is 2.58. The molecule has 2 aromatic rings. The van der Waals surface area contributed by atoms with Crippen molar-refractivity contribution in [3.05, 3.63) is 34.5 Å². The van der Waals surface area contributed by atoms with Crippen LogP contribution in [0.2, 0.25) is 0 Å². The summed E-state index contributed by atoms with van der Waals surface area (Å²) in [5.74, 6) is 0.110. The highest BCUT2D eigenvalue weighted by molar-refractivity contribution is 7.99. The van der Waals surface area contributed by atoms with Gasteiger partial charge in [-0.2, -0.15) is 5.26 Å². The fraction of sp³-hybridized carbons (Fsp3) is 0. The first kappa shape index (κ1) is 11.1. The zero-order chi connectivity index (χ0) is 12.3. The summed E-state index contributed by atoms with van der Waals surface area (Å²) in [6, 6.07) is 3.07. The molecule has 0 bridgehead atoms. The molecule has 3 N–H and O–H groups in total. The highest BCUT2D eigenvalue weighted by Crippen LogP contribution is 2.23. The molecule has 2 aromatic heterocycles. The third-order valence-electron chi connectivity index (χ3n) is 1.70. The molecular weight excluding hydrogens is 240 g/mol. The summed E-state index contributed by atoms with van der Waals surface area (Å²) >= 11 is 1.02. The fourth-order valence-electron chi connectivity index (χ4n) is 1.07. The van der Waals surface area contributed by atoms with Gasteiger partial charge in [0, 0.05) is 18.5 Å². The van der Waals surface area contributed by atoms with Gasteiger partial charge in [-0.15, -0.1) is 0 Å². The molecule has 8 heteroatoms. The molecule has 2 rings (SSSR count). The van der Waals surface area contributed by atoms with Crippen LogP contribution in [0.25, 0.3) is 0 Å². The summed E-state index contributed by atoms with van der Waals surface area (Å²) in [4.78, 5) is 25.4. The Morgan fingerprint density at radius 2 is 2.18 bits per heavy atom. The predicted molar refractivity (Wildman–Crippen MR) is 60.1 cm³/mol. The summed E-state index contributed by atoms with van der Waals surface area (Å²) in [7, 11) is 0. The number of nitrogens with zero attached hydrogens (tertiary/aromatic N) is 4. The molecule has 0 aliphatic carbocycles. The molecule has 7 nitrogen and oxygen atoms in total. The van der Waals surface area contributed by atoms with Gasteiger partial charge in [0.1, 0.15) is 16.9 Å². The Morgan fingerprint density at radius 3 is 2.88 bits per heavy atom. The lowest BCUT2D eigenvalue weighted by molar-refractivity contribution is 0.933. The summed E-state index contributed by atoms with van der Waals surface area (Å²) in [5, 5.41) is 9.46. The number of rotatable bonds is 2. The van der Waals surface area contributed by atoms with Crippen molar-refractivity contribution >= 4 is 17.6 Å². The summed E-state index contributed by atoms with van der Waals surface area (Å²) in [5.41, 5.74) is 5.25. The Bertz CT molecular complexity index is 646. The van der Waals surface area contributed by atoms with Gasteiger partial charge in [0.05, 0.1) is 0 Å². The molecule has 0 aliphatic rings. The second kappa shape index (κ2) is 4.63. The summed E-state index contributed by atoms with van der Waals surface area (Å²) < 4.78 is 0. The van der Waals surface area contributed by atoms with Crippen LogP contribution in [0.5, 0.6) is 0 Å². The average molecular weight is 246 g/mol. The molecule has 0 fully saturated rings. The molecule has 0 amide bonds. The number of nitrogens with one attached hydrogen (secondary N) is 1. The van der Waals surface area contributed by atoms with Crippen molar-refractivity contribution in [1.29, 1.82) is 5.26 Å². The molecule has 0 radical (unpaired) electrons. The molecule has 17 heavy (non-hydrogen) atoms. The van der Waals surface area contributed by atoms with Crippen LogP contribution in [-0.2, 0) is 0 Å². The number of hydrogen-bond donors (Lipinski definition) is 2. The van der Waals surface area contributed by atoms with Crippen LogP contribution in [0.15, 0.2) is 33.4 Å². The maximum absolute atomic E-state index is 11.2. The first-order valence-electron chi connectivity index (χ1n) is 4.45. The standard InChI is InChI=1S/C9H6N6OS/c10-4-5-8(13-2-1-12-5)17-9-14-6(11)3-7(16)15-9/h1-3H,(H3,11,14,15,16). The number of anilines is 1. The van der Waals surface area contributed by atoms with Crippen LogP contribution in [0.4, 0.5) is 5.82 Å². The van der Waals surface area contributed by atoms with E-state index in [9.17, 15) is 4.79 Å². The highest BCUT2D eigenvalue weighted by Gasteiger charge is 2.08. The van der Waals surface area contributed by atoms with Crippen molar-refractivity contribution in [2.45, 2.75) is 10.2 Å². The van der Waals surface area contributed by atoms with E-state index >= 15 is 0 Å². The van der Waals surface area contributed by atoms with Crippen molar-refractivity contribution in [2.75, 3.05) is 5.73 Å². The zero-order valence-electron chi connectivity index (χ0n) is 8.41. The van der Waals surface area contributed by atoms with Crippen LogP contribution in [-0.4, -0.2) is 19.9 Å². The van der Waals surface area contributed by atoms with Crippen LogP contribution in [0, 0.1) is 11.3 Å². The number of nitrogens with two attached hydrogens (primary N) is 1. The van der Waals surface area contributed by atoms with Gasteiger partial charge in [0.25, 0.3) is 5.56 Å². The molecule has 0 saturated carbocycles. The zero-order valence-corrected chi connectivity index (χ0v) is 9.23. The van der Waals surface area contributed by atoms with Gasteiger partial charge in [-0.3, -0.25) is 4.79 Å². The second-order valence-electron chi connectivity index (χ2n) is 2.90. The molecule has 0 aromatic carbocycles. The van der Waals surface area contributed by atoms with E-state index in [1.165, 1.54) is 18.5 Å². The van der Waals surface area contributed by atoms with Gasteiger partial charge in [-0.25, -0.2) is 15.0 Å². The molecule has 0 aliphatic heterocycles. The van der Waals surface area contributed by atoms with Crippen molar-refractivity contribution in [1.82, 2.24) is 19.9 Å². The Balaban J connectivity index is 2.38. The molecule has 84 valence electrons. The number of aromatic amines is 1. The molecule has 0 unspecified atom stereocenters. The lowest BCUT2D eigenvalue weighted by Crippen LogP contribution is -2.09. The molecule has 2 heterocycles. The minimum Gasteiger partial charge on any atom is -0.383 e. The van der Waals surface area contributed by atoms with E-state index in [0.717, 1.165) is 11.8 Å². The number of nitriles is 1. The quantitative estimate of drug-likeness (QED) is 0.724. The number of aromatic nitrogens is 4. The predicted octanol–water partition coefficient (Wildman–Crippen LogP) is 0.165. The first-order valence-corrected chi connectivity index (χ1v) is 5.26. The van der Waals surface area contributed by atoms with Crippen molar-refractivity contribution in [3.63, 3.8) is 0 Å². The first-order chi connectivity index (χ1) is 8.19. The Hall–Kier alpha value is -2.40.